The third-order valence-corrected chi connectivity index (χ3v) is 3.86. The summed E-state index contributed by atoms with van der Waals surface area (Å²) < 4.78 is 21.2. The summed E-state index contributed by atoms with van der Waals surface area (Å²) in [7, 11) is 4.37. The highest BCUT2D eigenvalue weighted by Gasteiger charge is 2.17. The third kappa shape index (κ3) is 5.65. The highest BCUT2D eigenvalue weighted by molar-refractivity contribution is 5.98. The average Bonchev–Trinajstić information content (AvgIpc) is 2.75. The van der Waals surface area contributed by atoms with Gasteiger partial charge >= 0.3 is 0 Å². The number of para-hydroxylation sites is 1. The smallest absolute Gasteiger partial charge is 0.269 e. The van der Waals surface area contributed by atoms with E-state index < -0.39 is 11.8 Å². The van der Waals surface area contributed by atoms with Crippen LogP contribution in [-0.4, -0.2) is 39.8 Å². The lowest BCUT2D eigenvalue weighted by Crippen LogP contribution is -2.40. The number of hydrazine groups is 1. The van der Waals surface area contributed by atoms with E-state index in [0.717, 1.165) is 5.56 Å². The number of ether oxygens (including phenoxy) is 4. The molecule has 29 heavy (non-hydrogen) atoms. The molecule has 0 spiro atoms. The van der Waals surface area contributed by atoms with E-state index in [0.29, 0.717) is 29.6 Å². The van der Waals surface area contributed by atoms with Gasteiger partial charge in [-0.2, -0.15) is 0 Å². The average molecular weight is 400 g/mol. The van der Waals surface area contributed by atoms with Gasteiger partial charge in [0.1, 0.15) is 5.75 Å². The number of carbonyl (C=O) groups excluding carboxylic acids is 2. The number of hydrogen-bond donors (Lipinski definition) is 2. The Bertz CT molecular complexity index is 869. The van der Waals surface area contributed by atoms with Crippen LogP contribution in [0.3, 0.4) is 0 Å². The number of nitrogens with one attached hydrogen (secondary N) is 2. The number of amides is 2. The largest absolute Gasteiger partial charge is 0.493 e. The number of hydrogen-bond acceptors (Lipinski definition) is 6. The first kappa shape index (κ1) is 21.6. The first-order valence-electron chi connectivity index (χ1n) is 8.84. The first-order valence-corrected chi connectivity index (χ1v) is 8.84. The topological polar surface area (TPSA) is 95.1 Å². The molecule has 2 rings (SSSR count). The molecule has 0 aromatic heterocycles. The maximum atomic E-state index is 12.4. The zero-order valence-corrected chi connectivity index (χ0v) is 16.8. The Balaban J connectivity index is 2.05. The Hall–Kier alpha value is -3.68. The van der Waals surface area contributed by atoms with Gasteiger partial charge in [0.05, 0.1) is 27.9 Å². The summed E-state index contributed by atoms with van der Waals surface area (Å²) in [5, 5.41) is 0. The van der Waals surface area contributed by atoms with Gasteiger partial charge in [0, 0.05) is 17.2 Å². The van der Waals surface area contributed by atoms with E-state index in [1.165, 1.54) is 39.5 Å². The molecule has 0 fully saturated rings. The number of carbonyl (C=O) groups is 2. The van der Waals surface area contributed by atoms with E-state index >= 15 is 0 Å². The normalized spacial score (nSPS) is 10.3. The second-order valence-electron chi connectivity index (χ2n) is 5.66. The van der Waals surface area contributed by atoms with Crippen molar-refractivity contribution in [2.45, 2.75) is 6.92 Å². The van der Waals surface area contributed by atoms with Gasteiger partial charge in [0.2, 0.25) is 5.75 Å². The number of methoxy groups -OCH3 is 3. The highest BCUT2D eigenvalue weighted by Crippen LogP contribution is 2.38. The molecule has 0 bridgehead atoms. The van der Waals surface area contributed by atoms with E-state index in [4.69, 9.17) is 18.9 Å². The van der Waals surface area contributed by atoms with Crippen LogP contribution in [0.15, 0.2) is 42.5 Å². The summed E-state index contributed by atoms with van der Waals surface area (Å²) >= 11 is 0. The monoisotopic (exact) mass is 400 g/mol. The molecule has 154 valence electrons. The predicted octanol–water partition coefficient (Wildman–Crippen LogP) is 2.59. The number of benzene rings is 2. The Morgan fingerprint density at radius 3 is 2.17 bits per heavy atom. The maximum Gasteiger partial charge on any atom is 0.269 e. The molecule has 8 nitrogen and oxygen atoms in total. The van der Waals surface area contributed by atoms with Crippen LogP contribution in [0.4, 0.5) is 0 Å². The van der Waals surface area contributed by atoms with Crippen LogP contribution >= 0.6 is 0 Å². The van der Waals surface area contributed by atoms with Crippen LogP contribution in [0.2, 0.25) is 0 Å². The van der Waals surface area contributed by atoms with Crippen molar-refractivity contribution in [2.24, 2.45) is 0 Å². The Kier molecular flexibility index (Phi) is 7.90. The van der Waals surface area contributed by atoms with Crippen molar-refractivity contribution in [3.8, 4) is 23.0 Å². The fraction of sp³-hybridized carbons (Fsp3) is 0.238. The van der Waals surface area contributed by atoms with Crippen LogP contribution in [0.1, 0.15) is 22.8 Å². The van der Waals surface area contributed by atoms with Crippen LogP contribution < -0.4 is 29.8 Å². The minimum atomic E-state index is -0.541. The first-order chi connectivity index (χ1) is 14.0. The summed E-state index contributed by atoms with van der Waals surface area (Å²) in [5.41, 5.74) is 5.65. The Labute approximate surface area is 169 Å². The maximum absolute atomic E-state index is 12.4. The van der Waals surface area contributed by atoms with Gasteiger partial charge < -0.3 is 18.9 Å². The predicted molar refractivity (Wildman–Crippen MR) is 108 cm³/mol. The minimum absolute atomic E-state index is 0.227. The van der Waals surface area contributed by atoms with E-state index in [1.807, 2.05) is 31.2 Å². The zero-order valence-electron chi connectivity index (χ0n) is 16.8. The molecule has 0 unspecified atom stereocenters. The van der Waals surface area contributed by atoms with Gasteiger partial charge in [-0.3, -0.25) is 20.4 Å². The van der Waals surface area contributed by atoms with Crippen molar-refractivity contribution < 1.29 is 28.5 Å². The van der Waals surface area contributed by atoms with Crippen molar-refractivity contribution in [3.63, 3.8) is 0 Å². The molecule has 2 N–H and O–H groups in total. The molecule has 0 aliphatic rings. The van der Waals surface area contributed by atoms with E-state index in [9.17, 15) is 9.59 Å². The summed E-state index contributed by atoms with van der Waals surface area (Å²) in [6.45, 7) is 2.40. The molecular formula is C21H24N2O6. The quantitative estimate of drug-likeness (QED) is 0.522. The van der Waals surface area contributed by atoms with Gasteiger partial charge in [-0.1, -0.05) is 18.2 Å². The number of rotatable bonds is 8. The molecule has 0 radical (unpaired) electrons. The molecule has 0 saturated carbocycles. The summed E-state index contributed by atoms with van der Waals surface area (Å²) in [5.74, 6) is 0.649. The molecule has 2 aromatic rings. The second-order valence-corrected chi connectivity index (χ2v) is 5.66. The molecule has 2 amide bonds. The van der Waals surface area contributed by atoms with Crippen molar-refractivity contribution in [1.82, 2.24) is 10.9 Å². The lowest BCUT2D eigenvalue weighted by molar-refractivity contribution is -0.117. The Morgan fingerprint density at radius 1 is 0.931 bits per heavy atom. The molecule has 0 aliphatic carbocycles. The van der Waals surface area contributed by atoms with Crippen molar-refractivity contribution >= 4 is 17.9 Å². The van der Waals surface area contributed by atoms with Crippen molar-refractivity contribution in [1.29, 1.82) is 0 Å². The van der Waals surface area contributed by atoms with Gasteiger partial charge in [-0.05, 0) is 31.2 Å². The third-order valence-electron chi connectivity index (χ3n) is 3.86. The Morgan fingerprint density at radius 2 is 1.59 bits per heavy atom. The highest BCUT2D eigenvalue weighted by atomic mass is 16.5. The van der Waals surface area contributed by atoms with Crippen LogP contribution in [0.5, 0.6) is 23.0 Å². The fourth-order valence-electron chi connectivity index (χ4n) is 2.52. The molecule has 2 aromatic carbocycles. The fourth-order valence-corrected chi connectivity index (χ4v) is 2.52. The van der Waals surface area contributed by atoms with Gasteiger partial charge in [-0.15, -0.1) is 0 Å². The molecule has 0 saturated heterocycles. The van der Waals surface area contributed by atoms with Crippen LogP contribution in [0.25, 0.3) is 6.08 Å². The van der Waals surface area contributed by atoms with Gasteiger partial charge in [0.25, 0.3) is 11.8 Å². The second kappa shape index (κ2) is 10.6. The van der Waals surface area contributed by atoms with E-state index in [-0.39, 0.29) is 5.56 Å². The summed E-state index contributed by atoms with van der Waals surface area (Å²) in [6, 6.07) is 10.3. The lowest BCUT2D eigenvalue weighted by Gasteiger charge is -2.14. The SMILES string of the molecule is CCOc1ccccc1/C=C/C(=O)NNC(=O)c1cc(OC)c(OC)c(OC)c1. The molecule has 0 aliphatic heterocycles. The summed E-state index contributed by atoms with van der Waals surface area (Å²) in [4.78, 5) is 24.4. The standard InChI is InChI=1S/C21H24N2O6/c1-5-29-16-9-7-6-8-14(16)10-11-19(24)22-23-21(25)15-12-17(26-2)20(28-4)18(13-15)27-3/h6-13H,5H2,1-4H3,(H,22,24)(H,23,25)/b11-10+. The van der Waals surface area contributed by atoms with Crippen molar-refractivity contribution in [2.75, 3.05) is 27.9 Å². The van der Waals surface area contributed by atoms with E-state index in [1.54, 1.807) is 6.08 Å². The van der Waals surface area contributed by atoms with Crippen LogP contribution in [-0.2, 0) is 4.79 Å². The summed E-state index contributed by atoms with van der Waals surface area (Å²) in [6.07, 6.45) is 2.90. The van der Waals surface area contributed by atoms with Gasteiger partial charge in [-0.25, -0.2) is 0 Å². The van der Waals surface area contributed by atoms with Gasteiger partial charge in [0.15, 0.2) is 11.5 Å². The molecule has 0 heterocycles. The molecular weight excluding hydrogens is 376 g/mol. The van der Waals surface area contributed by atoms with E-state index in [2.05, 4.69) is 10.9 Å². The molecule has 0 atom stereocenters. The van der Waals surface area contributed by atoms with Crippen LogP contribution in [0, 0.1) is 0 Å². The molecule has 8 heteroatoms. The van der Waals surface area contributed by atoms with Crippen molar-refractivity contribution in [3.05, 3.63) is 53.6 Å². The minimum Gasteiger partial charge on any atom is -0.493 e. The lowest BCUT2D eigenvalue weighted by atomic mass is 10.1. The zero-order chi connectivity index (χ0) is 21.2.